The number of Topliss-reactive ketones (excluding diaryl/α,β-unsaturated/α-hetero) is 1. The van der Waals surface area contributed by atoms with Gasteiger partial charge in [-0.05, 0) is 37.5 Å². The average Bonchev–Trinajstić information content (AvgIpc) is 2.62. The van der Waals surface area contributed by atoms with Crippen molar-refractivity contribution in [1.82, 2.24) is 4.31 Å². The average molecular weight is 355 g/mol. The van der Waals surface area contributed by atoms with Gasteiger partial charge in [0.05, 0.1) is 17.1 Å². The molecule has 0 amide bonds. The molecule has 0 radical (unpaired) electrons. The minimum atomic E-state index is -3.80. The molecule has 1 aliphatic carbocycles. The number of hydrogen-bond acceptors (Lipinski definition) is 3. The minimum absolute atomic E-state index is 0.113. The molecule has 1 aliphatic rings. The second-order valence-corrected chi connectivity index (χ2v) is 8.08. The number of ketones is 1. The maximum absolute atomic E-state index is 13.2. The molecule has 0 fully saturated rings. The van der Waals surface area contributed by atoms with E-state index >= 15 is 0 Å². The van der Waals surface area contributed by atoms with E-state index in [2.05, 4.69) is 0 Å². The number of hydrogen-bond donors (Lipinski definition) is 0. The van der Waals surface area contributed by atoms with Crippen molar-refractivity contribution < 1.29 is 13.2 Å². The number of rotatable bonds is 5. The van der Waals surface area contributed by atoms with Gasteiger partial charge in [-0.25, -0.2) is 8.42 Å². The van der Waals surface area contributed by atoms with Gasteiger partial charge in [-0.1, -0.05) is 54.1 Å². The van der Waals surface area contributed by atoms with Crippen LogP contribution in [0.5, 0.6) is 0 Å². The number of allylic oxidation sites excluding steroid dienone is 2. The van der Waals surface area contributed by atoms with E-state index in [0.717, 1.165) is 24.0 Å². The second-order valence-electron chi connectivity index (χ2n) is 6.22. The molecule has 0 saturated carbocycles. The molecule has 0 atom stereocenters. The molecule has 4 nitrogen and oxygen atoms in total. The summed E-state index contributed by atoms with van der Waals surface area (Å²) in [5.41, 5.74) is 2.12. The zero-order valence-corrected chi connectivity index (χ0v) is 15.0. The zero-order chi connectivity index (χ0) is 17.9. The van der Waals surface area contributed by atoms with Gasteiger partial charge in [0.25, 0.3) is 10.0 Å². The van der Waals surface area contributed by atoms with Crippen molar-refractivity contribution in [1.29, 1.82) is 0 Å². The smallest absolute Gasteiger partial charge is 0.264 e. The molecule has 0 spiro atoms. The molecule has 0 N–H and O–H groups in total. The van der Waals surface area contributed by atoms with Crippen molar-refractivity contribution in [3.05, 3.63) is 77.5 Å². The van der Waals surface area contributed by atoms with Gasteiger partial charge in [-0.2, -0.15) is 0 Å². The lowest BCUT2D eigenvalue weighted by Gasteiger charge is -2.28. The summed E-state index contributed by atoms with van der Waals surface area (Å²) >= 11 is 0. The van der Waals surface area contributed by atoms with Crippen LogP contribution in [0.4, 0.5) is 0 Å². The van der Waals surface area contributed by atoms with Gasteiger partial charge in [-0.3, -0.25) is 9.10 Å². The highest BCUT2D eigenvalue weighted by atomic mass is 32.2. The van der Waals surface area contributed by atoms with Gasteiger partial charge >= 0.3 is 0 Å². The molecule has 0 aromatic heterocycles. The predicted octanol–water partition coefficient (Wildman–Crippen LogP) is 3.82. The molecule has 5 heteroatoms. The lowest BCUT2D eigenvalue weighted by Crippen LogP contribution is -2.34. The van der Waals surface area contributed by atoms with Crippen molar-refractivity contribution in [3.8, 4) is 0 Å². The van der Waals surface area contributed by atoms with Crippen molar-refractivity contribution in [2.75, 3.05) is 0 Å². The summed E-state index contributed by atoms with van der Waals surface area (Å²) in [6, 6.07) is 16.1. The van der Waals surface area contributed by atoms with Crippen LogP contribution >= 0.6 is 0 Å². The Morgan fingerprint density at radius 2 is 1.68 bits per heavy atom. The monoisotopic (exact) mass is 355 g/mol. The molecule has 0 aliphatic heterocycles. The third-order valence-electron chi connectivity index (χ3n) is 4.28. The van der Waals surface area contributed by atoms with Crippen LogP contribution in [-0.4, -0.2) is 18.5 Å². The van der Waals surface area contributed by atoms with Crippen LogP contribution in [0.1, 0.15) is 30.4 Å². The summed E-state index contributed by atoms with van der Waals surface area (Å²) < 4.78 is 27.7. The van der Waals surface area contributed by atoms with Crippen LogP contribution < -0.4 is 0 Å². The van der Waals surface area contributed by atoms with Crippen LogP contribution in [0, 0.1) is 6.92 Å². The second kappa shape index (κ2) is 7.23. The number of carbonyl (C=O) groups is 1. The maximum atomic E-state index is 13.2. The predicted molar refractivity (Wildman–Crippen MR) is 97.3 cm³/mol. The third-order valence-corrected chi connectivity index (χ3v) is 6.05. The Kier molecular flexibility index (Phi) is 5.04. The fraction of sp³-hybridized carbons (Fsp3) is 0.250. The molecule has 0 saturated heterocycles. The first kappa shape index (κ1) is 17.4. The van der Waals surface area contributed by atoms with E-state index < -0.39 is 10.0 Å². The molecule has 0 bridgehead atoms. The normalized spacial score (nSPS) is 14.9. The van der Waals surface area contributed by atoms with Crippen LogP contribution in [0.2, 0.25) is 0 Å². The van der Waals surface area contributed by atoms with E-state index in [-0.39, 0.29) is 22.9 Å². The quantitative estimate of drug-likeness (QED) is 0.819. The summed E-state index contributed by atoms with van der Waals surface area (Å²) in [5, 5.41) is 0. The van der Waals surface area contributed by atoms with Crippen LogP contribution in [0.3, 0.4) is 0 Å². The van der Waals surface area contributed by atoms with Gasteiger partial charge in [0.1, 0.15) is 0 Å². The largest absolute Gasteiger partial charge is 0.293 e. The number of nitrogens with zero attached hydrogens (tertiary/aromatic N) is 1. The Balaban J connectivity index is 2.05. The van der Waals surface area contributed by atoms with E-state index in [0.29, 0.717) is 6.42 Å². The van der Waals surface area contributed by atoms with Crippen LogP contribution in [-0.2, 0) is 21.4 Å². The SMILES string of the molecule is Cc1ccc(S(=O)(=O)N(Cc2ccccc2)C2=CCCCC2=O)cc1. The first-order chi connectivity index (χ1) is 12.0. The molecular weight excluding hydrogens is 334 g/mol. The first-order valence-corrected chi connectivity index (χ1v) is 9.79. The first-order valence-electron chi connectivity index (χ1n) is 8.35. The highest BCUT2D eigenvalue weighted by Crippen LogP contribution is 2.27. The van der Waals surface area contributed by atoms with E-state index in [1.165, 1.54) is 4.31 Å². The highest BCUT2D eigenvalue weighted by Gasteiger charge is 2.31. The summed E-state index contributed by atoms with van der Waals surface area (Å²) in [4.78, 5) is 12.6. The Hall–Kier alpha value is -2.40. The van der Waals surface area contributed by atoms with Gasteiger partial charge in [0, 0.05) is 6.42 Å². The van der Waals surface area contributed by atoms with Crippen LogP contribution in [0.15, 0.2) is 71.3 Å². The zero-order valence-electron chi connectivity index (χ0n) is 14.2. The highest BCUT2D eigenvalue weighted by molar-refractivity contribution is 7.89. The van der Waals surface area contributed by atoms with Crippen molar-refractivity contribution in [2.24, 2.45) is 0 Å². The number of sulfonamides is 1. The van der Waals surface area contributed by atoms with Gasteiger partial charge in [-0.15, -0.1) is 0 Å². The fourth-order valence-corrected chi connectivity index (χ4v) is 4.36. The van der Waals surface area contributed by atoms with Crippen LogP contribution in [0.25, 0.3) is 0 Å². The minimum Gasteiger partial charge on any atom is -0.293 e. The lowest BCUT2D eigenvalue weighted by molar-refractivity contribution is -0.117. The summed E-state index contributed by atoms with van der Waals surface area (Å²) in [7, 11) is -3.80. The van der Waals surface area contributed by atoms with Gasteiger partial charge in [0.2, 0.25) is 0 Å². The van der Waals surface area contributed by atoms with Gasteiger partial charge < -0.3 is 0 Å². The number of aryl methyl sites for hydroxylation is 1. The topological polar surface area (TPSA) is 54.5 Å². The lowest BCUT2D eigenvalue weighted by atomic mass is 10.0. The van der Waals surface area contributed by atoms with Gasteiger partial charge in [0.15, 0.2) is 5.78 Å². The Morgan fingerprint density at radius 3 is 2.32 bits per heavy atom. The Morgan fingerprint density at radius 1 is 1.00 bits per heavy atom. The molecular formula is C20H21NO3S. The molecule has 2 aromatic rings. The molecule has 25 heavy (non-hydrogen) atoms. The van der Waals surface area contributed by atoms with E-state index in [1.807, 2.05) is 37.3 Å². The molecule has 0 heterocycles. The van der Waals surface area contributed by atoms with Crippen molar-refractivity contribution >= 4 is 15.8 Å². The van der Waals surface area contributed by atoms with Crippen molar-refractivity contribution in [2.45, 2.75) is 37.6 Å². The standard InChI is InChI=1S/C20H21NO3S/c1-16-11-13-18(14-12-16)25(23,24)21(15-17-7-3-2-4-8-17)19-9-5-6-10-20(19)22/h2-4,7-9,11-14H,5-6,10,15H2,1H3. The fourth-order valence-electron chi connectivity index (χ4n) is 2.87. The summed E-state index contributed by atoms with van der Waals surface area (Å²) in [6.07, 6.45) is 3.63. The van der Waals surface area contributed by atoms with E-state index in [9.17, 15) is 13.2 Å². The van der Waals surface area contributed by atoms with E-state index in [4.69, 9.17) is 0 Å². The van der Waals surface area contributed by atoms with Crippen molar-refractivity contribution in [3.63, 3.8) is 0 Å². The molecule has 0 unspecified atom stereocenters. The Labute approximate surface area is 148 Å². The maximum Gasteiger partial charge on any atom is 0.264 e. The summed E-state index contributed by atoms with van der Waals surface area (Å²) in [6.45, 7) is 2.06. The van der Waals surface area contributed by atoms with E-state index in [1.54, 1.807) is 30.3 Å². The Bertz CT molecular complexity index is 884. The molecule has 130 valence electrons. The third kappa shape index (κ3) is 3.82. The number of benzene rings is 2. The number of carbonyl (C=O) groups excluding carboxylic acids is 1. The summed E-state index contributed by atoms with van der Waals surface area (Å²) in [5.74, 6) is -0.113. The molecule has 2 aromatic carbocycles. The molecule has 3 rings (SSSR count).